The molecule has 40 heavy (non-hydrogen) atoms. The molecule has 2 amide bonds. The van der Waals surface area contributed by atoms with Crippen molar-refractivity contribution < 1.29 is 23.9 Å². The maximum atomic E-state index is 12.8. The average Bonchev–Trinajstić information content (AvgIpc) is 2.90. The van der Waals surface area contributed by atoms with Crippen LogP contribution in [0.4, 0.5) is 10.6 Å². The first-order valence-electron chi connectivity index (χ1n) is 12.3. The van der Waals surface area contributed by atoms with E-state index in [-0.39, 0.29) is 28.6 Å². The Morgan fingerprint density at radius 2 is 1.68 bits per heavy atom. The van der Waals surface area contributed by atoms with E-state index < -0.39 is 29.6 Å². The third-order valence-corrected chi connectivity index (χ3v) is 6.01. The van der Waals surface area contributed by atoms with E-state index >= 15 is 0 Å². The van der Waals surface area contributed by atoms with Gasteiger partial charge in [0.1, 0.15) is 17.5 Å². The number of methoxy groups -OCH3 is 1. The van der Waals surface area contributed by atoms with E-state index in [0.717, 1.165) is 5.56 Å². The van der Waals surface area contributed by atoms with Crippen molar-refractivity contribution in [1.82, 2.24) is 10.3 Å². The number of esters is 1. The maximum absolute atomic E-state index is 12.8. The zero-order valence-corrected chi connectivity index (χ0v) is 24.0. The third-order valence-electron chi connectivity index (χ3n) is 5.38. The number of halogens is 2. The number of nitrogens with zero attached hydrogens (tertiary/aromatic N) is 2. The van der Waals surface area contributed by atoms with Crippen molar-refractivity contribution >= 4 is 47.0 Å². The smallest absolute Gasteiger partial charge is 0.416 e. The van der Waals surface area contributed by atoms with Gasteiger partial charge in [0.05, 0.1) is 29.3 Å². The van der Waals surface area contributed by atoms with Crippen molar-refractivity contribution in [3.8, 4) is 11.8 Å². The van der Waals surface area contributed by atoms with Crippen LogP contribution in [-0.2, 0) is 20.7 Å². The van der Waals surface area contributed by atoms with Crippen molar-refractivity contribution in [3.63, 3.8) is 0 Å². The topological polar surface area (TPSA) is 97.8 Å². The van der Waals surface area contributed by atoms with Gasteiger partial charge >= 0.3 is 12.1 Å². The van der Waals surface area contributed by atoms with Gasteiger partial charge in [0, 0.05) is 18.2 Å². The van der Waals surface area contributed by atoms with Gasteiger partial charge in [0.2, 0.25) is 0 Å². The summed E-state index contributed by atoms with van der Waals surface area (Å²) in [6, 6.07) is 16.1. The third kappa shape index (κ3) is 8.73. The summed E-state index contributed by atoms with van der Waals surface area (Å²) in [5.74, 6) is 5.24. The summed E-state index contributed by atoms with van der Waals surface area (Å²) in [4.78, 5) is 43.6. The number of ether oxygens (including phenoxy) is 2. The van der Waals surface area contributed by atoms with Crippen molar-refractivity contribution in [2.24, 2.45) is 0 Å². The molecule has 0 spiro atoms. The second-order valence-corrected chi connectivity index (χ2v) is 10.4. The SMILES string of the molecule is COC(=O)C(Cc1ccc(C#CCN(C(=O)OC(C)(C)C)c2ccccn2)cc1)NC(=O)c1c(Cl)cccc1Cl. The summed E-state index contributed by atoms with van der Waals surface area (Å²) in [7, 11) is 1.24. The highest BCUT2D eigenvalue weighted by Crippen LogP contribution is 2.24. The second-order valence-electron chi connectivity index (χ2n) is 9.60. The molecule has 1 unspecified atom stereocenters. The maximum Gasteiger partial charge on any atom is 0.416 e. The van der Waals surface area contributed by atoms with E-state index in [1.165, 1.54) is 12.0 Å². The van der Waals surface area contributed by atoms with Gasteiger partial charge in [-0.15, -0.1) is 0 Å². The number of aromatic nitrogens is 1. The normalized spacial score (nSPS) is 11.4. The molecule has 0 bridgehead atoms. The number of pyridine rings is 1. The molecule has 1 N–H and O–H groups in total. The summed E-state index contributed by atoms with van der Waals surface area (Å²) < 4.78 is 10.4. The Hall–Kier alpha value is -4.06. The lowest BCUT2D eigenvalue weighted by Crippen LogP contribution is -2.43. The van der Waals surface area contributed by atoms with Crippen LogP contribution in [0.3, 0.4) is 0 Å². The van der Waals surface area contributed by atoms with Crippen LogP contribution in [0.1, 0.15) is 42.3 Å². The minimum Gasteiger partial charge on any atom is -0.467 e. The molecule has 0 aliphatic rings. The zero-order chi connectivity index (χ0) is 29.3. The van der Waals surface area contributed by atoms with Crippen LogP contribution in [0.2, 0.25) is 10.0 Å². The molecule has 0 fully saturated rings. The van der Waals surface area contributed by atoms with Gasteiger partial charge in [-0.25, -0.2) is 19.5 Å². The fraction of sp³-hybridized carbons (Fsp3) is 0.267. The Morgan fingerprint density at radius 3 is 2.25 bits per heavy atom. The highest BCUT2D eigenvalue weighted by Gasteiger charge is 2.25. The molecule has 208 valence electrons. The van der Waals surface area contributed by atoms with E-state index in [2.05, 4.69) is 22.1 Å². The van der Waals surface area contributed by atoms with Gasteiger partial charge in [-0.1, -0.05) is 59.3 Å². The summed E-state index contributed by atoms with van der Waals surface area (Å²) >= 11 is 12.3. The monoisotopic (exact) mass is 581 g/mol. The number of carbonyl (C=O) groups excluding carboxylic acids is 3. The van der Waals surface area contributed by atoms with Crippen LogP contribution in [0.15, 0.2) is 66.9 Å². The first-order chi connectivity index (χ1) is 19.0. The Bertz CT molecular complexity index is 1390. The van der Waals surface area contributed by atoms with Crippen LogP contribution >= 0.6 is 23.2 Å². The number of hydrogen-bond donors (Lipinski definition) is 1. The average molecular weight is 582 g/mol. The molecule has 8 nitrogen and oxygen atoms in total. The van der Waals surface area contributed by atoms with Crippen LogP contribution in [-0.4, -0.2) is 48.3 Å². The first kappa shape index (κ1) is 30.5. The number of hydrogen-bond acceptors (Lipinski definition) is 6. The van der Waals surface area contributed by atoms with Crippen LogP contribution < -0.4 is 10.2 Å². The van der Waals surface area contributed by atoms with Crippen molar-refractivity contribution in [1.29, 1.82) is 0 Å². The molecular weight excluding hydrogens is 553 g/mol. The van der Waals surface area contributed by atoms with Gasteiger partial charge < -0.3 is 14.8 Å². The van der Waals surface area contributed by atoms with Gasteiger partial charge in [-0.05, 0) is 62.7 Å². The molecule has 3 aromatic rings. The molecule has 2 aromatic carbocycles. The van der Waals surface area contributed by atoms with Crippen molar-refractivity contribution in [2.75, 3.05) is 18.6 Å². The Balaban J connectivity index is 1.71. The molecule has 10 heteroatoms. The number of rotatable bonds is 7. The molecule has 0 radical (unpaired) electrons. The van der Waals surface area contributed by atoms with E-state index in [1.807, 2.05) is 0 Å². The molecule has 1 aromatic heterocycles. The van der Waals surface area contributed by atoms with Gasteiger partial charge in [-0.3, -0.25) is 4.79 Å². The zero-order valence-electron chi connectivity index (χ0n) is 22.5. The minimum atomic E-state index is -0.970. The predicted octanol–water partition coefficient (Wildman–Crippen LogP) is 5.70. The molecular formula is C30H29Cl2N3O5. The Kier molecular flexibility index (Phi) is 10.5. The quantitative estimate of drug-likeness (QED) is 0.284. The fourth-order valence-electron chi connectivity index (χ4n) is 3.53. The van der Waals surface area contributed by atoms with E-state index in [9.17, 15) is 14.4 Å². The molecule has 0 aliphatic heterocycles. The molecule has 0 saturated carbocycles. The van der Waals surface area contributed by atoms with E-state index in [1.54, 1.807) is 87.6 Å². The molecule has 1 heterocycles. The molecule has 1 atom stereocenters. The summed E-state index contributed by atoms with van der Waals surface area (Å²) in [6.07, 6.45) is 1.21. The minimum absolute atomic E-state index is 0.0642. The van der Waals surface area contributed by atoms with Crippen molar-refractivity contribution in [3.05, 3.63) is 93.6 Å². The molecule has 0 aliphatic carbocycles. The Morgan fingerprint density at radius 1 is 1.00 bits per heavy atom. The fourth-order valence-corrected chi connectivity index (χ4v) is 4.10. The van der Waals surface area contributed by atoms with Crippen LogP contribution in [0.25, 0.3) is 0 Å². The number of nitrogens with one attached hydrogen (secondary N) is 1. The number of anilines is 1. The highest BCUT2D eigenvalue weighted by atomic mass is 35.5. The summed E-state index contributed by atoms with van der Waals surface area (Å²) in [5.41, 5.74) is 0.858. The summed E-state index contributed by atoms with van der Waals surface area (Å²) in [5, 5.41) is 2.99. The highest BCUT2D eigenvalue weighted by molar-refractivity contribution is 6.39. The van der Waals surface area contributed by atoms with Gasteiger partial charge in [0.15, 0.2) is 0 Å². The van der Waals surface area contributed by atoms with E-state index in [4.69, 9.17) is 32.7 Å². The largest absolute Gasteiger partial charge is 0.467 e. The second kappa shape index (κ2) is 13.8. The standard InChI is InChI=1S/C30H29Cl2N3O5/c1-30(2,3)40-29(38)35(25-12-5-6-17-33-25)18-8-9-20-13-15-21(16-14-20)19-24(28(37)39-4)34-27(36)26-22(31)10-7-11-23(26)32/h5-7,10-17,24H,18-19H2,1-4H3,(H,34,36). The van der Waals surface area contributed by atoms with Crippen LogP contribution in [0, 0.1) is 11.8 Å². The molecule has 0 saturated heterocycles. The lowest BCUT2D eigenvalue weighted by molar-refractivity contribution is -0.142. The number of amides is 2. The summed E-state index contributed by atoms with van der Waals surface area (Å²) in [6.45, 7) is 5.43. The lowest BCUT2D eigenvalue weighted by Gasteiger charge is -2.25. The van der Waals surface area contributed by atoms with E-state index in [0.29, 0.717) is 11.4 Å². The Labute approximate surface area is 243 Å². The van der Waals surface area contributed by atoms with Crippen LogP contribution in [0.5, 0.6) is 0 Å². The predicted molar refractivity (Wildman–Crippen MR) is 155 cm³/mol. The first-order valence-corrected chi connectivity index (χ1v) is 13.1. The van der Waals surface area contributed by atoms with Crippen molar-refractivity contribution in [2.45, 2.75) is 38.8 Å². The lowest BCUT2D eigenvalue weighted by atomic mass is 10.0. The number of benzene rings is 2. The van der Waals surface area contributed by atoms with Gasteiger partial charge in [0.25, 0.3) is 5.91 Å². The molecule has 3 rings (SSSR count). The number of carbonyl (C=O) groups is 3. The van der Waals surface area contributed by atoms with Gasteiger partial charge in [-0.2, -0.15) is 0 Å².